The van der Waals surface area contributed by atoms with Gasteiger partial charge in [-0.2, -0.15) is 0 Å². The van der Waals surface area contributed by atoms with Gasteiger partial charge in [0.25, 0.3) is 5.91 Å². The summed E-state index contributed by atoms with van der Waals surface area (Å²) >= 11 is 0. The van der Waals surface area contributed by atoms with Crippen LogP contribution in [0.4, 0.5) is 0 Å². The van der Waals surface area contributed by atoms with Crippen molar-refractivity contribution in [3.8, 4) is 11.5 Å². The van der Waals surface area contributed by atoms with Gasteiger partial charge in [-0.25, -0.2) is 0 Å². The Balaban J connectivity index is 2.95. The second kappa shape index (κ2) is 6.86. The number of carbonyl (C=O) groups excluding carboxylic acids is 1. The van der Waals surface area contributed by atoms with Crippen LogP contribution in [0, 0.1) is 0 Å². The van der Waals surface area contributed by atoms with E-state index in [1.165, 1.54) is 0 Å². The average molecular weight is 252 g/mol. The lowest BCUT2D eigenvalue weighted by Gasteiger charge is -2.17. The minimum Gasteiger partial charge on any atom is -0.490 e. The van der Waals surface area contributed by atoms with Crippen molar-refractivity contribution in [2.24, 2.45) is 11.5 Å². The van der Waals surface area contributed by atoms with Gasteiger partial charge >= 0.3 is 0 Å². The molecule has 100 valence electrons. The van der Waals surface area contributed by atoms with Crippen LogP contribution < -0.4 is 20.9 Å². The van der Waals surface area contributed by atoms with E-state index in [1.54, 1.807) is 6.07 Å². The van der Waals surface area contributed by atoms with Gasteiger partial charge in [0.1, 0.15) is 0 Å². The number of benzene rings is 1. The molecule has 0 radical (unpaired) electrons. The lowest BCUT2D eigenvalue weighted by molar-refractivity contribution is -0.124. The second-order valence-corrected chi connectivity index (χ2v) is 3.84. The van der Waals surface area contributed by atoms with Crippen molar-refractivity contribution in [3.05, 3.63) is 23.8 Å². The monoisotopic (exact) mass is 252 g/mol. The molecule has 1 aromatic carbocycles. The van der Waals surface area contributed by atoms with Crippen LogP contribution in [0.1, 0.15) is 25.8 Å². The summed E-state index contributed by atoms with van der Waals surface area (Å²) in [7, 11) is 0. The van der Waals surface area contributed by atoms with Crippen molar-refractivity contribution < 1.29 is 14.3 Å². The maximum absolute atomic E-state index is 11.2. The SMILES string of the molecule is CCOc1cc(CN)ccc1OC(CC)C(N)=O. The van der Waals surface area contributed by atoms with E-state index >= 15 is 0 Å². The smallest absolute Gasteiger partial charge is 0.258 e. The third kappa shape index (κ3) is 3.63. The summed E-state index contributed by atoms with van der Waals surface area (Å²) in [6, 6.07) is 5.40. The van der Waals surface area contributed by atoms with Gasteiger partial charge in [-0.3, -0.25) is 4.79 Å². The molecular formula is C13H20N2O3. The minimum atomic E-state index is -0.645. The molecule has 4 N–H and O–H groups in total. The summed E-state index contributed by atoms with van der Waals surface area (Å²) in [5.74, 6) is 0.614. The zero-order chi connectivity index (χ0) is 13.5. The highest BCUT2D eigenvalue weighted by Crippen LogP contribution is 2.29. The van der Waals surface area contributed by atoms with Crippen LogP contribution in [0.15, 0.2) is 18.2 Å². The molecule has 1 aromatic rings. The number of hydrogen-bond donors (Lipinski definition) is 2. The van der Waals surface area contributed by atoms with Crippen LogP contribution >= 0.6 is 0 Å². The quantitative estimate of drug-likeness (QED) is 0.763. The van der Waals surface area contributed by atoms with Gasteiger partial charge in [0, 0.05) is 6.54 Å². The number of amides is 1. The van der Waals surface area contributed by atoms with Crippen LogP contribution in [0.3, 0.4) is 0 Å². The van der Waals surface area contributed by atoms with Crippen molar-refractivity contribution >= 4 is 5.91 Å². The number of carbonyl (C=O) groups is 1. The molecule has 0 aliphatic carbocycles. The first-order valence-corrected chi connectivity index (χ1v) is 6.04. The zero-order valence-corrected chi connectivity index (χ0v) is 10.8. The molecule has 0 bridgehead atoms. The number of primary amides is 1. The molecule has 1 amide bonds. The third-order valence-corrected chi connectivity index (χ3v) is 2.50. The van der Waals surface area contributed by atoms with Crippen LogP contribution in [-0.4, -0.2) is 18.6 Å². The molecule has 0 aliphatic rings. The molecular weight excluding hydrogens is 232 g/mol. The van der Waals surface area contributed by atoms with E-state index in [-0.39, 0.29) is 0 Å². The third-order valence-electron chi connectivity index (χ3n) is 2.50. The van der Waals surface area contributed by atoms with Crippen LogP contribution in [0.25, 0.3) is 0 Å². The van der Waals surface area contributed by atoms with Gasteiger partial charge in [-0.15, -0.1) is 0 Å². The highest BCUT2D eigenvalue weighted by molar-refractivity contribution is 5.79. The van der Waals surface area contributed by atoms with Gasteiger partial charge in [-0.1, -0.05) is 13.0 Å². The van der Waals surface area contributed by atoms with E-state index in [2.05, 4.69) is 0 Å². The molecule has 0 saturated heterocycles. The number of nitrogens with two attached hydrogens (primary N) is 2. The molecule has 1 rings (SSSR count). The predicted molar refractivity (Wildman–Crippen MR) is 69.4 cm³/mol. The molecule has 0 spiro atoms. The maximum atomic E-state index is 11.2. The Morgan fingerprint density at radius 1 is 1.33 bits per heavy atom. The van der Waals surface area contributed by atoms with E-state index in [0.717, 1.165) is 5.56 Å². The van der Waals surface area contributed by atoms with Gasteiger partial charge in [0.05, 0.1) is 6.61 Å². The molecule has 5 heteroatoms. The summed E-state index contributed by atoms with van der Waals surface area (Å²) in [6.45, 7) is 4.65. The highest BCUT2D eigenvalue weighted by Gasteiger charge is 2.17. The Morgan fingerprint density at radius 3 is 2.56 bits per heavy atom. The summed E-state index contributed by atoms with van der Waals surface area (Å²) in [5.41, 5.74) is 11.8. The summed E-state index contributed by atoms with van der Waals surface area (Å²) in [6.07, 6.45) is -0.132. The first kappa shape index (κ1) is 14.3. The maximum Gasteiger partial charge on any atom is 0.258 e. The van der Waals surface area contributed by atoms with Gasteiger partial charge < -0.3 is 20.9 Å². The number of ether oxygens (including phenoxy) is 2. The molecule has 0 aliphatic heterocycles. The normalized spacial score (nSPS) is 11.9. The van der Waals surface area contributed by atoms with Crippen LogP contribution in [-0.2, 0) is 11.3 Å². The standard InChI is InChI=1S/C13H20N2O3/c1-3-10(13(15)16)18-11-6-5-9(8-14)7-12(11)17-4-2/h5-7,10H,3-4,8,14H2,1-2H3,(H2,15,16). The molecule has 1 unspecified atom stereocenters. The fraction of sp³-hybridized carbons (Fsp3) is 0.462. The van der Waals surface area contributed by atoms with E-state index in [4.69, 9.17) is 20.9 Å². The fourth-order valence-electron chi connectivity index (χ4n) is 1.54. The Kier molecular flexibility index (Phi) is 5.45. The Bertz CT molecular complexity index is 407. The first-order chi connectivity index (χ1) is 8.62. The second-order valence-electron chi connectivity index (χ2n) is 3.84. The van der Waals surface area contributed by atoms with Gasteiger partial charge in [0.2, 0.25) is 0 Å². The minimum absolute atomic E-state index is 0.424. The largest absolute Gasteiger partial charge is 0.490 e. The topological polar surface area (TPSA) is 87.6 Å². The fourth-order valence-corrected chi connectivity index (χ4v) is 1.54. The highest BCUT2D eigenvalue weighted by atomic mass is 16.5. The van der Waals surface area contributed by atoms with Crippen molar-refractivity contribution in [2.45, 2.75) is 32.9 Å². The molecule has 0 aromatic heterocycles. The summed E-state index contributed by atoms with van der Waals surface area (Å²) in [4.78, 5) is 11.2. The summed E-state index contributed by atoms with van der Waals surface area (Å²) < 4.78 is 11.0. The molecule has 1 atom stereocenters. The molecule has 0 heterocycles. The molecule has 18 heavy (non-hydrogen) atoms. The van der Waals surface area contributed by atoms with Crippen molar-refractivity contribution in [2.75, 3.05) is 6.61 Å². The Morgan fingerprint density at radius 2 is 2.06 bits per heavy atom. The van der Waals surface area contributed by atoms with E-state index in [0.29, 0.717) is 31.1 Å². The molecule has 0 fully saturated rings. The van der Waals surface area contributed by atoms with E-state index in [9.17, 15) is 4.79 Å². The lowest BCUT2D eigenvalue weighted by Crippen LogP contribution is -2.33. The van der Waals surface area contributed by atoms with E-state index < -0.39 is 12.0 Å². The Hall–Kier alpha value is -1.75. The van der Waals surface area contributed by atoms with E-state index in [1.807, 2.05) is 26.0 Å². The zero-order valence-electron chi connectivity index (χ0n) is 10.8. The van der Waals surface area contributed by atoms with Crippen molar-refractivity contribution in [3.63, 3.8) is 0 Å². The van der Waals surface area contributed by atoms with Gasteiger partial charge in [0.15, 0.2) is 17.6 Å². The number of hydrogen-bond acceptors (Lipinski definition) is 4. The summed E-state index contributed by atoms with van der Waals surface area (Å²) in [5, 5.41) is 0. The van der Waals surface area contributed by atoms with Crippen molar-refractivity contribution in [1.29, 1.82) is 0 Å². The Labute approximate surface area is 107 Å². The molecule has 0 saturated carbocycles. The number of rotatable bonds is 7. The van der Waals surface area contributed by atoms with Crippen LogP contribution in [0.5, 0.6) is 11.5 Å². The molecule has 5 nitrogen and oxygen atoms in total. The average Bonchev–Trinajstić information content (AvgIpc) is 2.37. The first-order valence-electron chi connectivity index (χ1n) is 6.04. The lowest BCUT2D eigenvalue weighted by atomic mass is 10.2. The predicted octanol–water partition coefficient (Wildman–Crippen LogP) is 1.19. The van der Waals surface area contributed by atoms with Gasteiger partial charge in [-0.05, 0) is 31.0 Å². The van der Waals surface area contributed by atoms with Crippen molar-refractivity contribution in [1.82, 2.24) is 0 Å². The van der Waals surface area contributed by atoms with Crippen LogP contribution in [0.2, 0.25) is 0 Å².